The van der Waals surface area contributed by atoms with Crippen molar-refractivity contribution >= 4 is 33.6 Å². The van der Waals surface area contributed by atoms with Gasteiger partial charge >= 0.3 is 6.09 Å². The zero-order valence-corrected chi connectivity index (χ0v) is 15.0. The van der Waals surface area contributed by atoms with Gasteiger partial charge in [-0.15, -0.1) is 0 Å². The maximum Gasteiger partial charge on any atom is 0.407 e. The molecule has 0 aliphatic heterocycles. The van der Waals surface area contributed by atoms with Crippen molar-refractivity contribution < 1.29 is 14.3 Å². The van der Waals surface area contributed by atoms with Crippen LogP contribution in [-0.4, -0.2) is 24.1 Å². The lowest BCUT2D eigenvalue weighted by Gasteiger charge is -2.19. The summed E-state index contributed by atoms with van der Waals surface area (Å²) < 4.78 is 6.03. The first-order valence-electron chi connectivity index (χ1n) is 7.20. The molecule has 0 saturated heterocycles. The second kappa shape index (κ2) is 8.17. The van der Waals surface area contributed by atoms with Gasteiger partial charge in [-0.1, -0.05) is 22.0 Å². The molecule has 1 aromatic rings. The Kier molecular flexibility index (Phi) is 6.87. The molecule has 5 nitrogen and oxygen atoms in total. The Bertz CT molecular complexity index is 539. The Labute approximate surface area is 139 Å². The number of anilines is 1. The molecule has 0 spiro atoms. The zero-order chi connectivity index (χ0) is 16.8. The summed E-state index contributed by atoms with van der Waals surface area (Å²) in [4.78, 5) is 23.3. The molecule has 1 rings (SSSR count). The van der Waals surface area contributed by atoms with Crippen LogP contribution in [0.5, 0.6) is 0 Å². The predicted molar refractivity (Wildman–Crippen MR) is 91.0 cm³/mol. The molecule has 0 aromatic heterocycles. The highest BCUT2D eigenvalue weighted by molar-refractivity contribution is 9.10. The zero-order valence-electron chi connectivity index (χ0n) is 13.5. The molecule has 0 bridgehead atoms. The van der Waals surface area contributed by atoms with Gasteiger partial charge in [-0.2, -0.15) is 0 Å². The van der Waals surface area contributed by atoms with Crippen molar-refractivity contribution in [1.82, 2.24) is 5.32 Å². The molecule has 0 fully saturated rings. The molecular formula is C16H23BrN2O3. The number of benzene rings is 1. The van der Waals surface area contributed by atoms with Crippen molar-refractivity contribution in [2.45, 2.75) is 46.1 Å². The summed E-state index contributed by atoms with van der Waals surface area (Å²) in [5.41, 5.74) is 1.28. The van der Waals surface area contributed by atoms with Crippen LogP contribution in [0.1, 0.15) is 39.2 Å². The Morgan fingerprint density at radius 1 is 1.27 bits per heavy atom. The number of rotatable bonds is 5. The van der Waals surface area contributed by atoms with Crippen LogP contribution in [0.15, 0.2) is 22.7 Å². The van der Waals surface area contributed by atoms with E-state index in [4.69, 9.17) is 4.74 Å². The number of carbonyl (C=O) groups is 2. The summed E-state index contributed by atoms with van der Waals surface area (Å²) in [6, 6.07) is 5.73. The molecule has 122 valence electrons. The van der Waals surface area contributed by atoms with Gasteiger partial charge in [-0.25, -0.2) is 4.79 Å². The lowest BCUT2D eigenvalue weighted by atomic mass is 10.2. The highest BCUT2D eigenvalue weighted by Crippen LogP contribution is 2.20. The third-order valence-electron chi connectivity index (χ3n) is 2.72. The van der Waals surface area contributed by atoms with E-state index in [0.29, 0.717) is 19.4 Å². The molecule has 6 heteroatoms. The van der Waals surface area contributed by atoms with E-state index in [2.05, 4.69) is 26.6 Å². The standard InChI is InChI=1S/C16H23BrN2O3/c1-11-7-8-12(17)10-13(11)19-14(20)6-5-9-18-15(21)22-16(2,3)4/h7-8,10H,5-6,9H2,1-4H3,(H,18,21)(H,19,20). The molecule has 0 radical (unpaired) electrons. The molecule has 0 atom stereocenters. The SMILES string of the molecule is Cc1ccc(Br)cc1NC(=O)CCCNC(=O)OC(C)(C)C. The van der Waals surface area contributed by atoms with Crippen LogP contribution in [0, 0.1) is 6.92 Å². The molecule has 0 unspecified atom stereocenters. The summed E-state index contributed by atoms with van der Waals surface area (Å²) in [5.74, 6) is -0.0767. The van der Waals surface area contributed by atoms with Gasteiger partial charge in [0.25, 0.3) is 0 Å². The van der Waals surface area contributed by atoms with E-state index in [9.17, 15) is 9.59 Å². The number of aryl methyl sites for hydroxylation is 1. The van der Waals surface area contributed by atoms with Crippen LogP contribution in [0.25, 0.3) is 0 Å². The van der Waals surface area contributed by atoms with Crippen LogP contribution >= 0.6 is 15.9 Å². The van der Waals surface area contributed by atoms with Gasteiger partial charge in [0.15, 0.2) is 0 Å². The fraction of sp³-hybridized carbons (Fsp3) is 0.500. The monoisotopic (exact) mass is 370 g/mol. The number of amides is 2. The van der Waals surface area contributed by atoms with Crippen molar-refractivity contribution in [1.29, 1.82) is 0 Å². The first-order chi connectivity index (χ1) is 10.2. The fourth-order valence-electron chi connectivity index (χ4n) is 1.70. The fourth-order valence-corrected chi connectivity index (χ4v) is 2.06. The van der Waals surface area contributed by atoms with Gasteiger partial charge < -0.3 is 15.4 Å². The number of nitrogens with one attached hydrogen (secondary N) is 2. The minimum absolute atomic E-state index is 0.0767. The number of halogens is 1. The van der Waals surface area contributed by atoms with Gasteiger partial charge in [-0.3, -0.25) is 4.79 Å². The summed E-state index contributed by atoms with van der Waals surface area (Å²) >= 11 is 3.38. The topological polar surface area (TPSA) is 67.4 Å². The minimum Gasteiger partial charge on any atom is -0.444 e. The summed E-state index contributed by atoms with van der Waals surface area (Å²) in [6.07, 6.45) is 0.426. The largest absolute Gasteiger partial charge is 0.444 e. The lowest BCUT2D eigenvalue weighted by Crippen LogP contribution is -2.33. The van der Waals surface area contributed by atoms with Gasteiger partial charge in [-0.05, 0) is 51.8 Å². The van der Waals surface area contributed by atoms with Crippen LogP contribution in [0.3, 0.4) is 0 Å². The van der Waals surface area contributed by atoms with Crippen molar-refractivity contribution in [2.75, 3.05) is 11.9 Å². The molecule has 2 amide bonds. The van der Waals surface area contributed by atoms with Gasteiger partial charge in [0, 0.05) is 23.1 Å². The van der Waals surface area contributed by atoms with Crippen molar-refractivity contribution in [3.8, 4) is 0 Å². The number of hydrogen-bond donors (Lipinski definition) is 2. The minimum atomic E-state index is -0.514. The first-order valence-corrected chi connectivity index (χ1v) is 7.99. The molecular weight excluding hydrogens is 348 g/mol. The average molecular weight is 371 g/mol. The van der Waals surface area contributed by atoms with E-state index >= 15 is 0 Å². The summed E-state index contributed by atoms with van der Waals surface area (Å²) in [5, 5.41) is 5.49. The van der Waals surface area contributed by atoms with E-state index in [1.807, 2.05) is 25.1 Å². The van der Waals surface area contributed by atoms with Gasteiger partial charge in [0.2, 0.25) is 5.91 Å². The number of hydrogen-bond acceptors (Lipinski definition) is 3. The molecule has 2 N–H and O–H groups in total. The first kappa shape index (κ1) is 18.5. The van der Waals surface area contributed by atoms with E-state index in [1.165, 1.54) is 0 Å². The third-order valence-corrected chi connectivity index (χ3v) is 3.22. The Morgan fingerprint density at radius 3 is 2.59 bits per heavy atom. The Morgan fingerprint density at radius 2 is 1.95 bits per heavy atom. The normalized spacial score (nSPS) is 11.0. The lowest BCUT2D eigenvalue weighted by molar-refractivity contribution is -0.116. The van der Waals surface area contributed by atoms with Gasteiger partial charge in [0.1, 0.15) is 5.60 Å². The highest BCUT2D eigenvalue weighted by Gasteiger charge is 2.15. The second-order valence-corrected chi connectivity index (χ2v) is 6.96. The van der Waals surface area contributed by atoms with Gasteiger partial charge in [0.05, 0.1) is 0 Å². The molecule has 0 saturated carbocycles. The Hall–Kier alpha value is -1.56. The van der Waals surface area contributed by atoms with Crippen LogP contribution in [0.4, 0.5) is 10.5 Å². The summed E-state index contributed by atoms with van der Waals surface area (Å²) in [7, 11) is 0. The Balaban J connectivity index is 2.29. The molecule has 0 aliphatic carbocycles. The van der Waals surface area contributed by atoms with Crippen LogP contribution in [0.2, 0.25) is 0 Å². The quantitative estimate of drug-likeness (QED) is 0.769. The maximum atomic E-state index is 11.9. The van der Waals surface area contributed by atoms with Crippen LogP contribution in [-0.2, 0) is 9.53 Å². The van der Waals surface area contributed by atoms with E-state index < -0.39 is 11.7 Å². The molecule has 1 aromatic carbocycles. The smallest absolute Gasteiger partial charge is 0.407 e. The predicted octanol–water partition coefficient (Wildman–Crippen LogP) is 4.00. The third kappa shape index (κ3) is 7.45. The second-order valence-electron chi connectivity index (χ2n) is 6.04. The average Bonchev–Trinajstić information content (AvgIpc) is 2.37. The van der Waals surface area contributed by atoms with E-state index in [0.717, 1.165) is 15.7 Å². The van der Waals surface area contributed by atoms with Crippen molar-refractivity contribution in [2.24, 2.45) is 0 Å². The number of carbonyl (C=O) groups excluding carboxylic acids is 2. The number of alkyl carbamates (subject to hydrolysis) is 1. The maximum absolute atomic E-state index is 11.9. The van der Waals surface area contributed by atoms with E-state index in [-0.39, 0.29) is 5.91 Å². The summed E-state index contributed by atoms with van der Waals surface area (Å²) in [6.45, 7) is 7.76. The van der Waals surface area contributed by atoms with Crippen molar-refractivity contribution in [3.05, 3.63) is 28.2 Å². The van der Waals surface area contributed by atoms with Crippen molar-refractivity contribution in [3.63, 3.8) is 0 Å². The van der Waals surface area contributed by atoms with E-state index in [1.54, 1.807) is 20.8 Å². The highest BCUT2D eigenvalue weighted by atomic mass is 79.9. The van der Waals surface area contributed by atoms with Crippen LogP contribution < -0.4 is 10.6 Å². The molecule has 0 heterocycles. The molecule has 0 aliphatic rings. The molecule has 22 heavy (non-hydrogen) atoms. The number of ether oxygens (including phenoxy) is 1.